The fraction of sp³-hybridized carbons (Fsp3) is 0. The number of thiocarbonyl (C=S) groups is 1. The molecule has 0 saturated heterocycles. The van der Waals surface area contributed by atoms with Gasteiger partial charge in [0.1, 0.15) is 16.8 Å². The van der Waals surface area contributed by atoms with E-state index in [1.807, 2.05) is 6.07 Å². The fourth-order valence-corrected chi connectivity index (χ4v) is 0.906. The minimum atomic E-state index is -0.0579. The highest BCUT2D eigenvalue weighted by Crippen LogP contribution is 2.16. The van der Waals surface area contributed by atoms with Crippen LogP contribution in [0.15, 0.2) is 18.2 Å². The van der Waals surface area contributed by atoms with Crippen LogP contribution in [0.4, 0.5) is 0 Å². The van der Waals surface area contributed by atoms with Crippen molar-refractivity contribution in [2.24, 2.45) is 5.73 Å². The molecule has 0 aliphatic heterocycles. The minimum Gasteiger partial charge on any atom is -0.507 e. The Labute approximate surface area is 75.0 Å². The Bertz CT molecular complexity index is 368. The van der Waals surface area contributed by atoms with Crippen molar-refractivity contribution in [3.8, 4) is 11.8 Å². The van der Waals surface area contributed by atoms with Crippen LogP contribution in [0.1, 0.15) is 11.1 Å². The minimum absolute atomic E-state index is 0.0579. The maximum atomic E-state index is 9.11. The molecule has 1 aromatic rings. The molecule has 0 bridgehead atoms. The van der Waals surface area contributed by atoms with Crippen molar-refractivity contribution in [2.45, 2.75) is 0 Å². The second-order valence-corrected chi connectivity index (χ2v) is 2.65. The third-order valence-electron chi connectivity index (χ3n) is 1.40. The highest BCUT2D eigenvalue weighted by atomic mass is 32.1. The van der Waals surface area contributed by atoms with Crippen LogP contribution in [0, 0.1) is 11.3 Å². The van der Waals surface area contributed by atoms with E-state index < -0.39 is 0 Å². The van der Waals surface area contributed by atoms with E-state index in [1.54, 1.807) is 6.07 Å². The molecule has 3 nitrogen and oxygen atoms in total. The number of aromatic hydroxyl groups is 1. The summed E-state index contributed by atoms with van der Waals surface area (Å²) in [5, 5.41) is 17.6. The summed E-state index contributed by atoms with van der Waals surface area (Å²) in [7, 11) is 0. The van der Waals surface area contributed by atoms with Crippen LogP contribution in [-0.4, -0.2) is 10.1 Å². The van der Waals surface area contributed by atoms with Crippen LogP contribution in [0.5, 0.6) is 5.75 Å². The molecule has 0 amide bonds. The Hall–Kier alpha value is -1.60. The van der Waals surface area contributed by atoms with Gasteiger partial charge in [0, 0.05) is 5.56 Å². The molecular weight excluding hydrogens is 172 g/mol. The molecule has 0 fully saturated rings. The number of hydrogen-bond donors (Lipinski definition) is 2. The summed E-state index contributed by atoms with van der Waals surface area (Å²) >= 11 is 4.70. The predicted octanol–water partition coefficient (Wildman–Crippen LogP) is 0.898. The van der Waals surface area contributed by atoms with Gasteiger partial charge in [-0.15, -0.1) is 0 Å². The molecule has 0 spiro atoms. The lowest BCUT2D eigenvalue weighted by molar-refractivity contribution is 0.473. The number of phenolic OH excluding ortho intramolecular Hbond substituents is 1. The molecule has 1 rings (SSSR count). The number of benzene rings is 1. The van der Waals surface area contributed by atoms with Crippen molar-refractivity contribution in [2.75, 3.05) is 0 Å². The zero-order chi connectivity index (χ0) is 9.14. The standard InChI is InChI=1S/C8H6N2OS/c9-4-6-3-5(8(10)12)1-2-7(6)11/h1-3,11H,(H2,10,12). The number of nitrogens with zero attached hydrogens (tertiary/aromatic N) is 1. The highest BCUT2D eigenvalue weighted by Gasteiger charge is 2.02. The summed E-state index contributed by atoms with van der Waals surface area (Å²) in [6, 6.07) is 6.25. The van der Waals surface area contributed by atoms with Crippen molar-refractivity contribution in [1.29, 1.82) is 5.26 Å². The maximum Gasteiger partial charge on any atom is 0.133 e. The van der Waals surface area contributed by atoms with Gasteiger partial charge >= 0.3 is 0 Å². The molecule has 0 saturated carbocycles. The molecule has 0 atom stereocenters. The summed E-state index contributed by atoms with van der Waals surface area (Å²) < 4.78 is 0. The van der Waals surface area contributed by atoms with Crippen molar-refractivity contribution in [3.63, 3.8) is 0 Å². The van der Waals surface area contributed by atoms with Crippen molar-refractivity contribution in [1.82, 2.24) is 0 Å². The van der Waals surface area contributed by atoms with Gasteiger partial charge in [0.05, 0.1) is 5.56 Å². The number of phenols is 1. The SMILES string of the molecule is N#Cc1cc(C(N)=S)ccc1O. The number of nitriles is 1. The number of rotatable bonds is 1. The topological polar surface area (TPSA) is 70.0 Å². The van der Waals surface area contributed by atoms with E-state index in [1.165, 1.54) is 12.1 Å². The first-order valence-corrected chi connectivity index (χ1v) is 3.59. The van der Waals surface area contributed by atoms with Gasteiger partial charge in [-0.2, -0.15) is 5.26 Å². The molecule has 0 aliphatic carbocycles. The first kappa shape index (κ1) is 8.50. The third kappa shape index (κ3) is 1.52. The van der Waals surface area contributed by atoms with E-state index in [0.29, 0.717) is 5.56 Å². The largest absolute Gasteiger partial charge is 0.507 e. The molecule has 1 aromatic carbocycles. The molecule has 0 aliphatic rings. The molecule has 0 aromatic heterocycles. The smallest absolute Gasteiger partial charge is 0.133 e. The molecule has 12 heavy (non-hydrogen) atoms. The van der Waals surface area contributed by atoms with Gasteiger partial charge in [-0.25, -0.2) is 0 Å². The average Bonchev–Trinajstić information content (AvgIpc) is 2.05. The van der Waals surface area contributed by atoms with E-state index in [-0.39, 0.29) is 16.3 Å². The van der Waals surface area contributed by atoms with Crippen molar-refractivity contribution >= 4 is 17.2 Å². The van der Waals surface area contributed by atoms with E-state index in [4.69, 9.17) is 28.3 Å². The Morgan fingerprint density at radius 3 is 2.75 bits per heavy atom. The first-order chi connectivity index (χ1) is 5.65. The average molecular weight is 178 g/mol. The molecule has 0 radical (unpaired) electrons. The van der Waals surface area contributed by atoms with Crippen molar-refractivity contribution < 1.29 is 5.11 Å². The lowest BCUT2D eigenvalue weighted by Gasteiger charge is -1.99. The second-order valence-electron chi connectivity index (χ2n) is 2.21. The van der Waals surface area contributed by atoms with E-state index in [9.17, 15) is 0 Å². The van der Waals surface area contributed by atoms with Gasteiger partial charge in [0.2, 0.25) is 0 Å². The predicted molar refractivity (Wildman–Crippen MR) is 48.7 cm³/mol. The molecule has 3 N–H and O–H groups in total. The molecular formula is C8H6N2OS. The summed E-state index contributed by atoms with van der Waals surface area (Å²) in [5.41, 5.74) is 6.09. The van der Waals surface area contributed by atoms with Crippen LogP contribution >= 0.6 is 12.2 Å². The summed E-state index contributed by atoms with van der Waals surface area (Å²) in [6.07, 6.45) is 0. The quantitative estimate of drug-likeness (QED) is 0.627. The Morgan fingerprint density at radius 1 is 1.58 bits per heavy atom. The molecule has 0 heterocycles. The summed E-state index contributed by atoms with van der Waals surface area (Å²) in [5.74, 6) is -0.0579. The number of hydrogen-bond acceptors (Lipinski definition) is 3. The van der Waals surface area contributed by atoms with E-state index >= 15 is 0 Å². The van der Waals surface area contributed by atoms with Gasteiger partial charge in [0.15, 0.2) is 0 Å². The van der Waals surface area contributed by atoms with Crippen LogP contribution < -0.4 is 5.73 Å². The van der Waals surface area contributed by atoms with Crippen LogP contribution in [0.3, 0.4) is 0 Å². The van der Waals surface area contributed by atoms with Gasteiger partial charge in [-0.05, 0) is 18.2 Å². The van der Waals surface area contributed by atoms with Crippen LogP contribution in [-0.2, 0) is 0 Å². The molecule has 0 unspecified atom stereocenters. The second kappa shape index (κ2) is 3.20. The summed E-state index contributed by atoms with van der Waals surface area (Å²) in [4.78, 5) is 0.214. The lowest BCUT2D eigenvalue weighted by Crippen LogP contribution is -2.09. The van der Waals surface area contributed by atoms with E-state index in [2.05, 4.69) is 0 Å². The highest BCUT2D eigenvalue weighted by molar-refractivity contribution is 7.80. The molecule has 60 valence electrons. The number of nitrogens with two attached hydrogens (primary N) is 1. The van der Waals surface area contributed by atoms with Gasteiger partial charge in [-0.1, -0.05) is 12.2 Å². The van der Waals surface area contributed by atoms with Gasteiger partial charge < -0.3 is 10.8 Å². The Balaban J connectivity index is 3.25. The monoisotopic (exact) mass is 178 g/mol. The van der Waals surface area contributed by atoms with Gasteiger partial charge in [-0.3, -0.25) is 0 Å². The molecule has 4 heteroatoms. The Morgan fingerprint density at radius 2 is 2.25 bits per heavy atom. The van der Waals surface area contributed by atoms with E-state index in [0.717, 1.165) is 0 Å². The summed E-state index contributed by atoms with van der Waals surface area (Å²) in [6.45, 7) is 0. The Kier molecular flexibility index (Phi) is 2.26. The lowest BCUT2D eigenvalue weighted by atomic mass is 10.1. The fourth-order valence-electron chi connectivity index (χ4n) is 0.779. The zero-order valence-corrected chi connectivity index (χ0v) is 6.93. The van der Waals surface area contributed by atoms with Crippen LogP contribution in [0.25, 0.3) is 0 Å². The maximum absolute atomic E-state index is 9.11. The third-order valence-corrected chi connectivity index (χ3v) is 1.64. The van der Waals surface area contributed by atoms with Crippen LogP contribution in [0.2, 0.25) is 0 Å². The van der Waals surface area contributed by atoms with Crippen molar-refractivity contribution in [3.05, 3.63) is 29.3 Å². The zero-order valence-electron chi connectivity index (χ0n) is 6.11. The van der Waals surface area contributed by atoms with Gasteiger partial charge in [0.25, 0.3) is 0 Å². The first-order valence-electron chi connectivity index (χ1n) is 3.18. The normalized spacial score (nSPS) is 8.92.